The van der Waals surface area contributed by atoms with Gasteiger partial charge in [-0.25, -0.2) is 9.69 Å². The molecule has 1 aromatic heterocycles. The first-order valence-electron chi connectivity index (χ1n) is 7.99. The van der Waals surface area contributed by atoms with Gasteiger partial charge in [0.25, 0.3) is 0 Å². The summed E-state index contributed by atoms with van der Waals surface area (Å²) in [6.45, 7) is 0. The molecular formula is C18H14ClN5O2S. The molecule has 1 aliphatic heterocycles. The van der Waals surface area contributed by atoms with E-state index in [9.17, 15) is 0 Å². The van der Waals surface area contributed by atoms with Gasteiger partial charge in [-0.05, 0) is 60.7 Å². The Bertz CT molecular complexity index is 974. The van der Waals surface area contributed by atoms with Crippen molar-refractivity contribution in [2.45, 2.75) is 6.23 Å². The predicted molar refractivity (Wildman–Crippen MR) is 106 cm³/mol. The van der Waals surface area contributed by atoms with Crippen molar-refractivity contribution in [3.63, 3.8) is 0 Å². The second-order valence-corrected chi connectivity index (χ2v) is 6.44. The van der Waals surface area contributed by atoms with Crippen LogP contribution in [0.5, 0.6) is 5.75 Å². The second kappa shape index (κ2) is 7.34. The molecule has 0 saturated heterocycles. The Balaban J connectivity index is 1.75. The molecular weight excluding hydrogens is 386 g/mol. The first kappa shape index (κ1) is 17.4. The van der Waals surface area contributed by atoms with Gasteiger partial charge in [-0.2, -0.15) is 4.99 Å². The summed E-state index contributed by atoms with van der Waals surface area (Å²) in [5.41, 5.74) is 1.65. The highest BCUT2D eigenvalue weighted by atomic mass is 35.5. The molecule has 1 atom stereocenters. The van der Waals surface area contributed by atoms with Crippen LogP contribution in [0, 0.1) is 0 Å². The molecule has 136 valence electrons. The zero-order chi connectivity index (χ0) is 18.8. The Labute approximate surface area is 165 Å². The summed E-state index contributed by atoms with van der Waals surface area (Å²) in [4.78, 5) is 4.44. The number of aromatic nitrogens is 3. The third kappa shape index (κ3) is 3.49. The number of rotatable bonds is 4. The number of methoxy groups -OCH3 is 1. The Morgan fingerprint density at radius 1 is 1.04 bits per heavy atom. The number of ether oxygens (including phenoxy) is 2. The Hall–Kier alpha value is -2.97. The molecule has 0 amide bonds. The minimum Gasteiger partial charge on any atom is -0.497 e. The standard InChI is InChI=1S/C18H14ClN5O2S/c1-25-15-8-4-13(5-9-15)17-24(23-10-20-21-11-23)18(27)22-16(26-17)12-2-6-14(19)7-3-12/h2-11,17H,1H3. The van der Waals surface area contributed by atoms with Crippen LogP contribution in [0.2, 0.25) is 5.02 Å². The third-order valence-corrected chi connectivity index (χ3v) is 4.52. The topological polar surface area (TPSA) is 64.8 Å². The van der Waals surface area contributed by atoms with Gasteiger partial charge in [0.1, 0.15) is 18.4 Å². The molecule has 1 aliphatic rings. The monoisotopic (exact) mass is 399 g/mol. The molecule has 27 heavy (non-hydrogen) atoms. The van der Waals surface area contributed by atoms with Gasteiger partial charge in [0.15, 0.2) is 0 Å². The summed E-state index contributed by atoms with van der Waals surface area (Å²) >= 11 is 11.5. The zero-order valence-corrected chi connectivity index (χ0v) is 15.8. The molecule has 4 rings (SSSR count). The summed E-state index contributed by atoms with van der Waals surface area (Å²) in [6, 6.07) is 14.8. The van der Waals surface area contributed by atoms with Gasteiger partial charge in [0, 0.05) is 16.1 Å². The molecule has 2 aromatic carbocycles. The van der Waals surface area contributed by atoms with Crippen molar-refractivity contribution in [3.05, 3.63) is 77.3 Å². The molecule has 2 heterocycles. The van der Waals surface area contributed by atoms with E-state index in [1.165, 1.54) is 12.7 Å². The molecule has 0 aliphatic carbocycles. The third-order valence-electron chi connectivity index (χ3n) is 3.99. The van der Waals surface area contributed by atoms with Crippen LogP contribution in [0.25, 0.3) is 0 Å². The highest BCUT2D eigenvalue weighted by Gasteiger charge is 2.32. The number of aliphatic imine (C=N–C) groups is 1. The lowest BCUT2D eigenvalue weighted by Gasteiger charge is -2.35. The van der Waals surface area contributed by atoms with E-state index >= 15 is 0 Å². The van der Waals surface area contributed by atoms with E-state index in [2.05, 4.69) is 15.2 Å². The molecule has 0 bridgehead atoms. The maximum absolute atomic E-state index is 6.21. The van der Waals surface area contributed by atoms with E-state index in [-0.39, 0.29) is 0 Å². The van der Waals surface area contributed by atoms with Gasteiger partial charge in [-0.15, -0.1) is 10.2 Å². The average Bonchev–Trinajstić information content (AvgIpc) is 3.22. The van der Waals surface area contributed by atoms with Gasteiger partial charge in [0.2, 0.25) is 17.2 Å². The molecule has 3 aromatic rings. The van der Waals surface area contributed by atoms with Crippen molar-refractivity contribution in [1.29, 1.82) is 0 Å². The largest absolute Gasteiger partial charge is 0.497 e. The molecule has 0 radical (unpaired) electrons. The van der Waals surface area contributed by atoms with E-state index in [4.69, 9.17) is 33.3 Å². The van der Waals surface area contributed by atoms with Crippen LogP contribution in [0.4, 0.5) is 0 Å². The molecule has 9 heteroatoms. The Morgan fingerprint density at radius 2 is 1.70 bits per heavy atom. The van der Waals surface area contributed by atoms with Gasteiger partial charge in [-0.1, -0.05) is 11.6 Å². The summed E-state index contributed by atoms with van der Waals surface area (Å²) < 4.78 is 13.1. The van der Waals surface area contributed by atoms with Crippen molar-refractivity contribution in [3.8, 4) is 5.75 Å². The predicted octanol–water partition coefficient (Wildman–Crippen LogP) is 3.34. The van der Waals surface area contributed by atoms with Gasteiger partial charge >= 0.3 is 0 Å². The number of hydrogen-bond donors (Lipinski definition) is 0. The molecule has 0 saturated carbocycles. The van der Waals surface area contributed by atoms with E-state index in [1.807, 2.05) is 36.4 Å². The number of hydrogen-bond acceptors (Lipinski definition) is 5. The van der Waals surface area contributed by atoms with E-state index in [0.29, 0.717) is 16.0 Å². The molecule has 1 unspecified atom stereocenters. The quantitative estimate of drug-likeness (QED) is 0.627. The lowest BCUT2D eigenvalue weighted by molar-refractivity contribution is 0.172. The van der Waals surface area contributed by atoms with Crippen molar-refractivity contribution in [1.82, 2.24) is 14.9 Å². The highest BCUT2D eigenvalue weighted by molar-refractivity contribution is 7.80. The van der Waals surface area contributed by atoms with Crippen LogP contribution < -0.4 is 9.75 Å². The first-order chi connectivity index (χ1) is 13.2. The van der Waals surface area contributed by atoms with Crippen LogP contribution in [0.1, 0.15) is 17.4 Å². The smallest absolute Gasteiger partial charge is 0.225 e. The van der Waals surface area contributed by atoms with E-state index in [0.717, 1.165) is 16.9 Å². The van der Waals surface area contributed by atoms with Crippen molar-refractivity contribution in [2.75, 3.05) is 12.1 Å². The fourth-order valence-corrected chi connectivity index (χ4v) is 3.05. The fourth-order valence-electron chi connectivity index (χ4n) is 2.65. The van der Waals surface area contributed by atoms with Gasteiger partial charge in [-0.3, -0.25) is 0 Å². The lowest BCUT2D eigenvalue weighted by Crippen LogP contribution is -2.46. The molecule has 7 nitrogen and oxygen atoms in total. The van der Waals surface area contributed by atoms with E-state index in [1.54, 1.807) is 28.9 Å². The maximum atomic E-state index is 6.21. The van der Waals surface area contributed by atoms with Crippen LogP contribution in [-0.2, 0) is 4.74 Å². The number of nitrogens with zero attached hydrogens (tertiary/aromatic N) is 5. The minimum absolute atomic E-state index is 0.326. The summed E-state index contributed by atoms with van der Waals surface area (Å²) in [6.07, 6.45) is 2.52. The summed E-state index contributed by atoms with van der Waals surface area (Å²) in [7, 11) is 1.62. The lowest BCUT2D eigenvalue weighted by atomic mass is 10.1. The zero-order valence-electron chi connectivity index (χ0n) is 14.2. The molecule has 0 fully saturated rings. The molecule has 0 N–H and O–H groups in total. The van der Waals surface area contributed by atoms with Crippen molar-refractivity contribution < 1.29 is 9.47 Å². The minimum atomic E-state index is -0.553. The maximum Gasteiger partial charge on any atom is 0.225 e. The number of halogens is 1. The molecule has 0 spiro atoms. The second-order valence-electron chi connectivity index (χ2n) is 5.64. The summed E-state index contributed by atoms with van der Waals surface area (Å²) in [5.74, 6) is 1.17. The number of benzene rings is 2. The van der Waals surface area contributed by atoms with Crippen molar-refractivity contribution >= 4 is 34.8 Å². The van der Waals surface area contributed by atoms with Crippen LogP contribution in [0.3, 0.4) is 0 Å². The van der Waals surface area contributed by atoms with Crippen LogP contribution >= 0.6 is 23.8 Å². The average molecular weight is 400 g/mol. The SMILES string of the molecule is COc1ccc(C2OC(c3ccc(Cl)cc3)=NC(=S)N2n2cnnc2)cc1. The normalized spacial score (nSPS) is 16.7. The fraction of sp³-hybridized carbons (Fsp3) is 0.111. The highest BCUT2D eigenvalue weighted by Crippen LogP contribution is 2.29. The van der Waals surface area contributed by atoms with Crippen LogP contribution in [0.15, 0.2) is 66.2 Å². The summed E-state index contributed by atoms with van der Waals surface area (Å²) in [5, 5.41) is 10.3. The number of thiocarbonyl (C=S) groups is 1. The van der Waals surface area contributed by atoms with Gasteiger partial charge in [0.05, 0.1) is 7.11 Å². The van der Waals surface area contributed by atoms with Gasteiger partial charge < -0.3 is 9.47 Å². The first-order valence-corrected chi connectivity index (χ1v) is 8.77. The van der Waals surface area contributed by atoms with Crippen molar-refractivity contribution in [2.24, 2.45) is 4.99 Å². The van der Waals surface area contributed by atoms with E-state index < -0.39 is 6.23 Å². The Kier molecular flexibility index (Phi) is 4.74. The van der Waals surface area contributed by atoms with Crippen LogP contribution in [-0.4, -0.2) is 33.0 Å². The Morgan fingerprint density at radius 3 is 2.33 bits per heavy atom.